The lowest BCUT2D eigenvalue weighted by molar-refractivity contribution is 1.02. The lowest BCUT2D eigenvalue weighted by Crippen LogP contribution is -2.02. The molecule has 0 aliphatic heterocycles. The van der Waals surface area contributed by atoms with Gasteiger partial charge >= 0.3 is 0 Å². The van der Waals surface area contributed by atoms with Crippen LogP contribution in [0.2, 0.25) is 0 Å². The average molecular weight is 461 g/mol. The lowest BCUT2D eigenvalue weighted by atomic mass is 9.82. The third kappa shape index (κ3) is 3.21. The Kier molecular flexibility index (Phi) is 4.51. The predicted octanol–water partition coefficient (Wildman–Crippen LogP) is 8.91. The monoisotopic (exact) mass is 460 g/mol. The van der Waals surface area contributed by atoms with Gasteiger partial charge in [0.05, 0.1) is 0 Å². The van der Waals surface area contributed by atoms with Crippen molar-refractivity contribution in [3.63, 3.8) is 0 Å². The van der Waals surface area contributed by atoms with Gasteiger partial charge in [0, 0.05) is 4.47 Å². The predicted molar refractivity (Wildman–Crippen MR) is 137 cm³/mol. The van der Waals surface area contributed by atoms with Crippen molar-refractivity contribution in [2.24, 2.45) is 0 Å². The van der Waals surface area contributed by atoms with Crippen molar-refractivity contribution in [3.05, 3.63) is 118 Å². The van der Waals surface area contributed by atoms with Crippen LogP contribution in [-0.2, 0) is 6.42 Å². The van der Waals surface area contributed by atoms with E-state index in [-0.39, 0.29) is 0 Å². The number of hydrogen-bond acceptors (Lipinski definition) is 0. The zero-order valence-electron chi connectivity index (χ0n) is 17.1. The maximum atomic E-state index is 3.60. The molecule has 0 saturated carbocycles. The molecule has 0 atom stereocenters. The van der Waals surface area contributed by atoms with Crippen LogP contribution in [0.3, 0.4) is 0 Å². The second-order valence-corrected chi connectivity index (χ2v) is 9.16. The van der Waals surface area contributed by atoms with E-state index in [1.54, 1.807) is 0 Å². The van der Waals surface area contributed by atoms with Gasteiger partial charge in [0.1, 0.15) is 0 Å². The summed E-state index contributed by atoms with van der Waals surface area (Å²) in [5, 5.41) is 5.47. The van der Waals surface area contributed by atoms with E-state index in [4.69, 9.17) is 0 Å². The number of hydrogen-bond donors (Lipinski definition) is 0. The third-order valence-corrected chi connectivity index (χ3v) is 6.93. The van der Waals surface area contributed by atoms with Gasteiger partial charge < -0.3 is 0 Å². The molecule has 0 radical (unpaired) electrons. The second-order valence-electron chi connectivity index (χ2n) is 8.24. The van der Waals surface area contributed by atoms with Crippen molar-refractivity contribution in [2.75, 3.05) is 0 Å². The van der Waals surface area contributed by atoms with Crippen molar-refractivity contribution < 1.29 is 0 Å². The zero-order valence-corrected chi connectivity index (χ0v) is 18.7. The van der Waals surface area contributed by atoms with Gasteiger partial charge in [-0.1, -0.05) is 101 Å². The Morgan fingerprint density at radius 2 is 1.13 bits per heavy atom. The summed E-state index contributed by atoms with van der Waals surface area (Å²) in [4.78, 5) is 0. The van der Waals surface area contributed by atoms with E-state index in [0.717, 1.165) is 17.3 Å². The van der Waals surface area contributed by atoms with Gasteiger partial charge in [0.2, 0.25) is 0 Å². The van der Waals surface area contributed by atoms with Gasteiger partial charge in [-0.3, -0.25) is 0 Å². The molecule has 31 heavy (non-hydrogen) atoms. The molecule has 0 aromatic heterocycles. The summed E-state index contributed by atoms with van der Waals surface area (Å²) in [7, 11) is 0. The van der Waals surface area contributed by atoms with Crippen molar-refractivity contribution in [1.82, 2.24) is 0 Å². The molecule has 0 bridgehead atoms. The van der Waals surface area contributed by atoms with E-state index in [9.17, 15) is 0 Å². The summed E-state index contributed by atoms with van der Waals surface area (Å²) >= 11 is 3.60. The van der Waals surface area contributed by atoms with E-state index in [0.29, 0.717) is 0 Å². The van der Waals surface area contributed by atoms with Crippen LogP contribution in [0.15, 0.2) is 102 Å². The van der Waals surface area contributed by atoms with Crippen LogP contribution in [0, 0.1) is 0 Å². The molecule has 0 N–H and O–H groups in total. The second kappa shape index (κ2) is 7.51. The van der Waals surface area contributed by atoms with Gasteiger partial charge in [-0.15, -0.1) is 0 Å². The van der Waals surface area contributed by atoms with E-state index < -0.39 is 0 Å². The lowest BCUT2D eigenvalue weighted by Gasteiger charge is -2.22. The minimum atomic E-state index is 1.07. The minimum Gasteiger partial charge on any atom is -0.0616 e. The van der Waals surface area contributed by atoms with Crippen molar-refractivity contribution >= 4 is 49.1 Å². The van der Waals surface area contributed by atoms with Gasteiger partial charge in [-0.05, 0) is 86.0 Å². The molecule has 0 amide bonds. The molecule has 1 heteroatoms. The first-order valence-electron chi connectivity index (χ1n) is 10.8. The van der Waals surface area contributed by atoms with Crippen LogP contribution >= 0.6 is 15.9 Å². The normalized spacial score (nSPS) is 13.3. The molecule has 148 valence electrons. The van der Waals surface area contributed by atoms with Crippen molar-refractivity contribution in [1.29, 1.82) is 0 Å². The molecule has 5 aromatic carbocycles. The molecule has 6 rings (SSSR count). The average Bonchev–Trinajstić information content (AvgIpc) is 2.84. The minimum absolute atomic E-state index is 1.07. The molecule has 5 aromatic rings. The highest BCUT2D eigenvalue weighted by molar-refractivity contribution is 9.10. The topological polar surface area (TPSA) is 0 Å². The van der Waals surface area contributed by atoms with Crippen LogP contribution in [0.5, 0.6) is 0 Å². The van der Waals surface area contributed by atoms with E-state index in [1.807, 2.05) is 0 Å². The molecule has 0 heterocycles. The number of allylic oxidation sites excluding steroid dienone is 1. The van der Waals surface area contributed by atoms with E-state index in [1.165, 1.54) is 54.9 Å². The van der Waals surface area contributed by atoms with Gasteiger partial charge in [0.25, 0.3) is 0 Å². The molecule has 1 aliphatic rings. The third-order valence-electron chi connectivity index (χ3n) is 6.44. The van der Waals surface area contributed by atoms with Crippen LogP contribution in [0.25, 0.3) is 44.3 Å². The number of benzene rings is 5. The zero-order chi connectivity index (χ0) is 20.8. The van der Waals surface area contributed by atoms with Gasteiger partial charge in [-0.2, -0.15) is 0 Å². The van der Waals surface area contributed by atoms with Crippen LogP contribution in [0.4, 0.5) is 0 Å². The molecule has 1 aliphatic carbocycles. The summed E-state index contributed by atoms with van der Waals surface area (Å²) in [5.41, 5.74) is 8.12. The largest absolute Gasteiger partial charge is 0.0616 e. The highest BCUT2D eigenvalue weighted by Gasteiger charge is 2.18. The first-order chi connectivity index (χ1) is 15.3. The number of aryl methyl sites for hydroxylation is 1. The molecule has 0 nitrogen and oxygen atoms in total. The fraction of sp³-hybridized carbons (Fsp3) is 0.0667. The molecular weight excluding hydrogens is 440 g/mol. The summed E-state index contributed by atoms with van der Waals surface area (Å²) in [5.74, 6) is 0. The number of fused-ring (bicyclic) bond motifs is 6. The molecule has 0 fully saturated rings. The SMILES string of the molecule is Brc1cccc(-c2cccc(C3=Cc4c(c5ccccc5c5ccccc45)CC3)c2)c1. The fourth-order valence-electron chi connectivity index (χ4n) is 4.98. The maximum absolute atomic E-state index is 3.60. The Labute approximate surface area is 191 Å². The summed E-state index contributed by atoms with van der Waals surface area (Å²) in [6, 6.07) is 35.2. The molecule has 0 spiro atoms. The van der Waals surface area contributed by atoms with Crippen LogP contribution in [-0.4, -0.2) is 0 Å². The Morgan fingerprint density at radius 1 is 0.516 bits per heavy atom. The quantitative estimate of drug-likeness (QED) is 0.230. The van der Waals surface area contributed by atoms with Crippen molar-refractivity contribution in [2.45, 2.75) is 12.8 Å². The first-order valence-corrected chi connectivity index (χ1v) is 11.6. The highest BCUT2D eigenvalue weighted by atomic mass is 79.9. The Morgan fingerprint density at radius 3 is 1.90 bits per heavy atom. The Balaban J connectivity index is 1.54. The van der Waals surface area contributed by atoms with E-state index in [2.05, 4.69) is 119 Å². The summed E-state index contributed by atoms with van der Waals surface area (Å²) < 4.78 is 1.11. The molecule has 0 unspecified atom stereocenters. The number of rotatable bonds is 2. The van der Waals surface area contributed by atoms with E-state index >= 15 is 0 Å². The highest BCUT2D eigenvalue weighted by Crippen LogP contribution is 2.40. The molecule has 0 saturated heterocycles. The summed E-state index contributed by atoms with van der Waals surface area (Å²) in [6.07, 6.45) is 4.58. The van der Waals surface area contributed by atoms with Gasteiger partial charge in [0.15, 0.2) is 0 Å². The van der Waals surface area contributed by atoms with Crippen molar-refractivity contribution in [3.8, 4) is 11.1 Å². The van der Waals surface area contributed by atoms with Crippen LogP contribution in [0.1, 0.15) is 23.1 Å². The fourth-order valence-corrected chi connectivity index (χ4v) is 5.38. The summed E-state index contributed by atoms with van der Waals surface area (Å²) in [6.45, 7) is 0. The standard InChI is InChI=1S/C30H21Br/c31-24-10-6-9-22(18-24)20-7-5-8-21(17-20)23-15-16-29-27-13-2-1-11-25(27)26-12-3-4-14-28(26)30(29)19-23/h1-14,17-19H,15-16H2. The Bertz CT molecular complexity index is 1490. The number of halogens is 1. The van der Waals surface area contributed by atoms with Gasteiger partial charge in [-0.25, -0.2) is 0 Å². The maximum Gasteiger partial charge on any atom is 0.0181 e. The smallest absolute Gasteiger partial charge is 0.0181 e. The van der Waals surface area contributed by atoms with Crippen LogP contribution < -0.4 is 0 Å². The first kappa shape index (κ1) is 18.6. The molecular formula is C30H21Br. The Hall–Kier alpha value is -3.16.